The molecule has 3 rings (SSSR count). The normalized spacial score (nSPS) is 10.6. The molecule has 0 fully saturated rings. The standard InChI is InChI=1S/C14H11N3O2S/c15-11-8-4-3-7-16-14(8)20-12(11)13(19)17-9-5-1-2-6-10(9)18/h1-7,18H,15H2,(H,17,19). The fraction of sp³-hybridized carbons (Fsp3) is 0. The minimum absolute atomic E-state index is 0.0126. The molecule has 0 aliphatic carbocycles. The van der Waals surface area contributed by atoms with E-state index in [2.05, 4.69) is 10.3 Å². The molecule has 5 nitrogen and oxygen atoms in total. The number of benzene rings is 1. The number of phenols is 1. The van der Waals surface area contributed by atoms with E-state index in [0.717, 1.165) is 5.39 Å². The number of carbonyl (C=O) groups is 1. The number of carbonyl (C=O) groups excluding carboxylic acids is 1. The average Bonchev–Trinajstić information content (AvgIpc) is 2.79. The highest BCUT2D eigenvalue weighted by Gasteiger charge is 2.17. The van der Waals surface area contributed by atoms with Crippen LogP contribution in [0.4, 0.5) is 11.4 Å². The van der Waals surface area contributed by atoms with Gasteiger partial charge >= 0.3 is 0 Å². The van der Waals surface area contributed by atoms with E-state index < -0.39 is 0 Å². The maximum absolute atomic E-state index is 12.2. The predicted molar refractivity (Wildman–Crippen MR) is 80.1 cm³/mol. The highest BCUT2D eigenvalue weighted by molar-refractivity contribution is 7.21. The Bertz CT molecular complexity index is 798. The second-order valence-electron chi connectivity index (χ2n) is 4.17. The fourth-order valence-corrected chi connectivity index (χ4v) is 2.84. The quantitative estimate of drug-likeness (QED) is 0.632. The Labute approximate surface area is 118 Å². The summed E-state index contributed by atoms with van der Waals surface area (Å²) in [6.45, 7) is 0. The van der Waals surface area contributed by atoms with Gasteiger partial charge in [0, 0.05) is 11.6 Å². The van der Waals surface area contributed by atoms with Crippen LogP contribution in [0.3, 0.4) is 0 Å². The number of aromatic nitrogens is 1. The zero-order valence-corrected chi connectivity index (χ0v) is 11.1. The van der Waals surface area contributed by atoms with Crippen LogP contribution < -0.4 is 11.1 Å². The van der Waals surface area contributed by atoms with Crippen LogP contribution in [0.1, 0.15) is 9.67 Å². The molecule has 6 heteroatoms. The van der Waals surface area contributed by atoms with Gasteiger partial charge in [0.1, 0.15) is 15.5 Å². The lowest BCUT2D eigenvalue weighted by Gasteiger charge is -2.05. The highest BCUT2D eigenvalue weighted by Crippen LogP contribution is 2.33. The number of para-hydroxylation sites is 2. The predicted octanol–water partition coefficient (Wildman–Crippen LogP) is 2.84. The summed E-state index contributed by atoms with van der Waals surface area (Å²) in [7, 11) is 0. The largest absolute Gasteiger partial charge is 0.506 e. The summed E-state index contributed by atoms with van der Waals surface area (Å²) >= 11 is 1.23. The number of phenolic OH excluding ortho intramolecular Hbond substituents is 1. The summed E-state index contributed by atoms with van der Waals surface area (Å²) in [5.41, 5.74) is 6.74. The molecule has 0 bridgehead atoms. The number of hydrogen-bond donors (Lipinski definition) is 3. The van der Waals surface area contributed by atoms with Gasteiger partial charge in [0.05, 0.1) is 11.4 Å². The summed E-state index contributed by atoms with van der Waals surface area (Å²) in [6.07, 6.45) is 1.66. The SMILES string of the molecule is Nc1c(C(=O)Nc2ccccc2O)sc2ncccc12. The van der Waals surface area contributed by atoms with Crippen LogP contribution in [0, 0.1) is 0 Å². The summed E-state index contributed by atoms with van der Waals surface area (Å²) in [4.78, 5) is 17.5. The Kier molecular flexibility index (Phi) is 3.00. The first-order chi connectivity index (χ1) is 9.66. The Morgan fingerprint density at radius 2 is 2.05 bits per heavy atom. The molecular formula is C14H11N3O2S. The van der Waals surface area contributed by atoms with Crippen molar-refractivity contribution in [2.24, 2.45) is 0 Å². The zero-order chi connectivity index (χ0) is 14.1. The van der Waals surface area contributed by atoms with Crippen molar-refractivity contribution >= 4 is 38.8 Å². The number of nitrogen functional groups attached to an aromatic ring is 1. The lowest BCUT2D eigenvalue weighted by atomic mass is 10.2. The number of nitrogens with one attached hydrogen (secondary N) is 1. The van der Waals surface area contributed by atoms with E-state index in [1.807, 2.05) is 6.07 Å². The van der Waals surface area contributed by atoms with Gasteiger partial charge in [0.2, 0.25) is 0 Å². The van der Waals surface area contributed by atoms with E-state index in [-0.39, 0.29) is 11.7 Å². The van der Waals surface area contributed by atoms with Crippen molar-refractivity contribution in [2.45, 2.75) is 0 Å². The van der Waals surface area contributed by atoms with Gasteiger partial charge in [-0.3, -0.25) is 4.79 Å². The van der Waals surface area contributed by atoms with E-state index in [9.17, 15) is 9.90 Å². The summed E-state index contributed by atoms with van der Waals surface area (Å²) < 4.78 is 0. The van der Waals surface area contributed by atoms with E-state index in [1.54, 1.807) is 30.5 Å². The van der Waals surface area contributed by atoms with Crippen molar-refractivity contribution < 1.29 is 9.90 Å². The first-order valence-electron chi connectivity index (χ1n) is 5.89. The molecule has 0 radical (unpaired) electrons. The van der Waals surface area contributed by atoms with Crippen LogP contribution >= 0.6 is 11.3 Å². The van der Waals surface area contributed by atoms with Gasteiger partial charge in [-0.2, -0.15) is 0 Å². The number of nitrogens with two attached hydrogens (primary N) is 1. The summed E-state index contributed by atoms with van der Waals surface area (Å²) in [6, 6.07) is 10.1. The topological polar surface area (TPSA) is 88.2 Å². The number of rotatable bonds is 2. The number of thiophene rings is 1. The third-order valence-corrected chi connectivity index (χ3v) is 3.99. The van der Waals surface area contributed by atoms with Crippen LogP contribution in [0.25, 0.3) is 10.2 Å². The van der Waals surface area contributed by atoms with E-state index >= 15 is 0 Å². The molecule has 0 atom stereocenters. The molecule has 0 aliphatic rings. The molecule has 20 heavy (non-hydrogen) atoms. The smallest absolute Gasteiger partial charge is 0.268 e. The molecule has 0 unspecified atom stereocenters. The van der Waals surface area contributed by atoms with Crippen LogP contribution in [-0.2, 0) is 0 Å². The van der Waals surface area contributed by atoms with Gasteiger partial charge in [-0.15, -0.1) is 11.3 Å². The van der Waals surface area contributed by atoms with Crippen molar-refractivity contribution in [3.63, 3.8) is 0 Å². The fourth-order valence-electron chi connectivity index (χ4n) is 1.88. The molecular weight excluding hydrogens is 274 g/mol. The lowest BCUT2D eigenvalue weighted by molar-refractivity contribution is 0.103. The molecule has 2 heterocycles. The molecule has 0 saturated heterocycles. The molecule has 100 valence electrons. The molecule has 0 spiro atoms. The van der Waals surface area contributed by atoms with Crippen molar-refractivity contribution in [3.05, 3.63) is 47.5 Å². The number of anilines is 2. The number of hydrogen-bond acceptors (Lipinski definition) is 5. The maximum Gasteiger partial charge on any atom is 0.268 e. The molecule has 0 saturated carbocycles. The summed E-state index contributed by atoms with van der Waals surface area (Å²) in [5, 5.41) is 13.1. The third-order valence-electron chi connectivity index (χ3n) is 2.86. The van der Waals surface area contributed by atoms with E-state index in [4.69, 9.17) is 5.73 Å². The minimum atomic E-state index is -0.355. The molecule has 1 amide bonds. The van der Waals surface area contributed by atoms with Crippen LogP contribution in [0.15, 0.2) is 42.6 Å². The Morgan fingerprint density at radius 1 is 1.25 bits per heavy atom. The summed E-state index contributed by atoms with van der Waals surface area (Å²) in [5.74, 6) is -0.342. The van der Waals surface area contributed by atoms with Crippen LogP contribution in [0.5, 0.6) is 5.75 Å². The van der Waals surface area contributed by atoms with Crippen molar-refractivity contribution in [1.29, 1.82) is 0 Å². The van der Waals surface area contributed by atoms with Gasteiger partial charge in [-0.05, 0) is 24.3 Å². The number of amides is 1. The van der Waals surface area contributed by atoms with Crippen LogP contribution in [0.2, 0.25) is 0 Å². The number of nitrogens with zero attached hydrogens (tertiary/aromatic N) is 1. The second-order valence-corrected chi connectivity index (χ2v) is 5.17. The maximum atomic E-state index is 12.2. The van der Waals surface area contributed by atoms with Crippen LogP contribution in [-0.4, -0.2) is 16.0 Å². The average molecular weight is 285 g/mol. The lowest BCUT2D eigenvalue weighted by Crippen LogP contribution is -2.11. The molecule has 1 aromatic carbocycles. The highest BCUT2D eigenvalue weighted by atomic mass is 32.1. The first-order valence-corrected chi connectivity index (χ1v) is 6.71. The first kappa shape index (κ1) is 12.4. The molecule has 3 aromatic rings. The van der Waals surface area contributed by atoms with Gasteiger partial charge in [0.15, 0.2) is 0 Å². The number of aromatic hydroxyl groups is 1. The third kappa shape index (κ3) is 2.06. The minimum Gasteiger partial charge on any atom is -0.506 e. The number of fused-ring (bicyclic) bond motifs is 1. The monoisotopic (exact) mass is 285 g/mol. The van der Waals surface area contributed by atoms with Crippen molar-refractivity contribution in [1.82, 2.24) is 4.98 Å². The van der Waals surface area contributed by atoms with Gasteiger partial charge in [0.25, 0.3) is 5.91 Å². The Morgan fingerprint density at radius 3 is 2.80 bits per heavy atom. The Hall–Kier alpha value is -2.60. The number of pyridine rings is 1. The van der Waals surface area contributed by atoms with E-state index in [0.29, 0.717) is 21.1 Å². The zero-order valence-electron chi connectivity index (χ0n) is 10.3. The van der Waals surface area contributed by atoms with Crippen molar-refractivity contribution in [2.75, 3.05) is 11.1 Å². The Balaban J connectivity index is 1.97. The second kappa shape index (κ2) is 4.82. The van der Waals surface area contributed by atoms with Gasteiger partial charge < -0.3 is 16.2 Å². The molecule has 2 aromatic heterocycles. The molecule has 0 aliphatic heterocycles. The van der Waals surface area contributed by atoms with Crippen molar-refractivity contribution in [3.8, 4) is 5.75 Å². The van der Waals surface area contributed by atoms with Gasteiger partial charge in [-0.25, -0.2) is 4.98 Å². The molecule has 4 N–H and O–H groups in total. The van der Waals surface area contributed by atoms with Gasteiger partial charge in [-0.1, -0.05) is 12.1 Å². The van der Waals surface area contributed by atoms with E-state index in [1.165, 1.54) is 17.4 Å².